The molecule has 4 heteroatoms. The second-order valence-electron chi connectivity index (χ2n) is 5.65. The summed E-state index contributed by atoms with van der Waals surface area (Å²) >= 11 is 3.57. The SMILES string of the molecule is OC1CCN(c2cc(Br)ccc2CNC2CC2)CC1. The van der Waals surface area contributed by atoms with Gasteiger partial charge >= 0.3 is 0 Å². The van der Waals surface area contributed by atoms with Crippen LogP contribution in [0.15, 0.2) is 22.7 Å². The van der Waals surface area contributed by atoms with E-state index in [2.05, 4.69) is 44.3 Å². The lowest BCUT2D eigenvalue weighted by Crippen LogP contribution is -2.36. The summed E-state index contributed by atoms with van der Waals surface area (Å²) in [6.07, 6.45) is 4.28. The van der Waals surface area contributed by atoms with Crippen LogP contribution in [0, 0.1) is 0 Å². The van der Waals surface area contributed by atoms with Gasteiger partial charge in [-0.15, -0.1) is 0 Å². The van der Waals surface area contributed by atoms with Crippen molar-refractivity contribution in [1.82, 2.24) is 5.32 Å². The first-order chi connectivity index (χ1) is 9.22. The van der Waals surface area contributed by atoms with E-state index in [4.69, 9.17) is 0 Å². The van der Waals surface area contributed by atoms with Gasteiger partial charge in [-0.2, -0.15) is 0 Å². The molecule has 1 saturated heterocycles. The Balaban J connectivity index is 1.74. The fraction of sp³-hybridized carbons (Fsp3) is 0.600. The maximum absolute atomic E-state index is 9.63. The van der Waals surface area contributed by atoms with Crippen molar-refractivity contribution in [2.45, 2.75) is 44.4 Å². The first-order valence-electron chi connectivity index (χ1n) is 7.17. The number of nitrogens with one attached hydrogen (secondary N) is 1. The van der Waals surface area contributed by atoms with Crippen LogP contribution in [0.5, 0.6) is 0 Å². The number of aliphatic hydroxyl groups is 1. The third-order valence-corrected chi connectivity index (χ3v) is 4.50. The Hall–Kier alpha value is -0.580. The molecule has 1 saturated carbocycles. The van der Waals surface area contributed by atoms with E-state index in [1.54, 1.807) is 0 Å². The predicted octanol–water partition coefficient (Wildman–Crippen LogP) is 2.66. The molecule has 104 valence electrons. The van der Waals surface area contributed by atoms with Crippen LogP contribution in [0.4, 0.5) is 5.69 Å². The first kappa shape index (κ1) is 13.4. The van der Waals surface area contributed by atoms with E-state index in [-0.39, 0.29) is 6.10 Å². The lowest BCUT2D eigenvalue weighted by Gasteiger charge is -2.33. The van der Waals surface area contributed by atoms with Gasteiger partial charge in [-0.1, -0.05) is 22.0 Å². The molecule has 1 aromatic carbocycles. The van der Waals surface area contributed by atoms with Crippen LogP contribution in [-0.4, -0.2) is 30.3 Å². The minimum absolute atomic E-state index is 0.114. The van der Waals surface area contributed by atoms with Gasteiger partial charge in [0.05, 0.1) is 6.10 Å². The van der Waals surface area contributed by atoms with E-state index < -0.39 is 0 Å². The van der Waals surface area contributed by atoms with E-state index in [9.17, 15) is 5.11 Å². The summed E-state index contributed by atoms with van der Waals surface area (Å²) in [5.74, 6) is 0. The Morgan fingerprint density at radius 2 is 1.95 bits per heavy atom. The fourth-order valence-corrected chi connectivity index (χ4v) is 2.98. The summed E-state index contributed by atoms with van der Waals surface area (Å²) in [5, 5.41) is 13.2. The molecule has 0 bridgehead atoms. The summed E-state index contributed by atoms with van der Waals surface area (Å²) in [4.78, 5) is 2.40. The van der Waals surface area contributed by atoms with Crippen molar-refractivity contribution in [2.24, 2.45) is 0 Å². The van der Waals surface area contributed by atoms with Crippen LogP contribution in [0.25, 0.3) is 0 Å². The number of benzene rings is 1. The molecule has 1 aromatic rings. The van der Waals surface area contributed by atoms with Crippen molar-refractivity contribution in [3.05, 3.63) is 28.2 Å². The van der Waals surface area contributed by atoms with E-state index in [0.717, 1.165) is 43.0 Å². The van der Waals surface area contributed by atoms with E-state index >= 15 is 0 Å². The number of hydrogen-bond acceptors (Lipinski definition) is 3. The number of aliphatic hydroxyl groups excluding tert-OH is 1. The molecular weight excluding hydrogens is 304 g/mol. The second-order valence-corrected chi connectivity index (χ2v) is 6.56. The summed E-state index contributed by atoms with van der Waals surface area (Å²) in [6, 6.07) is 7.27. The highest BCUT2D eigenvalue weighted by Crippen LogP contribution is 2.29. The summed E-state index contributed by atoms with van der Waals surface area (Å²) in [7, 11) is 0. The van der Waals surface area contributed by atoms with E-state index in [1.807, 2.05) is 0 Å². The van der Waals surface area contributed by atoms with Gasteiger partial charge in [-0.25, -0.2) is 0 Å². The monoisotopic (exact) mass is 324 g/mol. The fourth-order valence-electron chi connectivity index (χ4n) is 2.63. The minimum atomic E-state index is -0.114. The van der Waals surface area contributed by atoms with Gasteiger partial charge in [0, 0.05) is 35.8 Å². The van der Waals surface area contributed by atoms with Gasteiger partial charge in [-0.05, 0) is 43.4 Å². The molecule has 2 N–H and O–H groups in total. The Morgan fingerprint density at radius 1 is 1.21 bits per heavy atom. The zero-order valence-electron chi connectivity index (χ0n) is 11.1. The minimum Gasteiger partial charge on any atom is -0.393 e. The summed E-state index contributed by atoms with van der Waals surface area (Å²) < 4.78 is 1.13. The van der Waals surface area contributed by atoms with Gasteiger partial charge < -0.3 is 15.3 Å². The number of nitrogens with zero attached hydrogens (tertiary/aromatic N) is 1. The van der Waals surface area contributed by atoms with Gasteiger partial charge in [0.1, 0.15) is 0 Å². The molecule has 3 rings (SSSR count). The summed E-state index contributed by atoms with van der Waals surface area (Å²) in [5.41, 5.74) is 2.68. The maximum Gasteiger partial charge on any atom is 0.0574 e. The zero-order chi connectivity index (χ0) is 13.2. The standard InChI is InChI=1S/C15H21BrN2O/c16-12-2-1-11(10-17-13-3-4-13)15(9-12)18-7-5-14(19)6-8-18/h1-2,9,13-14,17,19H,3-8,10H2. The number of piperidine rings is 1. The number of halogens is 1. The molecule has 0 atom stereocenters. The molecule has 2 aliphatic rings. The average molecular weight is 325 g/mol. The second kappa shape index (κ2) is 5.81. The van der Waals surface area contributed by atoms with E-state index in [1.165, 1.54) is 24.1 Å². The molecule has 1 heterocycles. The van der Waals surface area contributed by atoms with Crippen LogP contribution < -0.4 is 10.2 Å². The molecule has 2 fully saturated rings. The third kappa shape index (κ3) is 3.50. The molecule has 1 aliphatic heterocycles. The largest absolute Gasteiger partial charge is 0.393 e. The van der Waals surface area contributed by atoms with Crippen molar-refractivity contribution >= 4 is 21.6 Å². The number of rotatable bonds is 4. The van der Waals surface area contributed by atoms with Gasteiger partial charge in [0.15, 0.2) is 0 Å². The smallest absolute Gasteiger partial charge is 0.0574 e. The number of anilines is 1. The van der Waals surface area contributed by atoms with Crippen LogP contribution in [0.2, 0.25) is 0 Å². The van der Waals surface area contributed by atoms with E-state index in [0.29, 0.717) is 0 Å². The normalized spacial score (nSPS) is 20.8. The van der Waals surface area contributed by atoms with Crippen molar-refractivity contribution < 1.29 is 5.11 Å². The molecule has 0 spiro atoms. The molecular formula is C15H21BrN2O. The molecule has 0 amide bonds. The highest BCUT2D eigenvalue weighted by atomic mass is 79.9. The number of hydrogen-bond donors (Lipinski definition) is 2. The van der Waals surface area contributed by atoms with Gasteiger partial charge in [-0.3, -0.25) is 0 Å². The van der Waals surface area contributed by atoms with Gasteiger partial charge in [0.25, 0.3) is 0 Å². The van der Waals surface area contributed by atoms with Crippen molar-refractivity contribution in [3.8, 4) is 0 Å². The highest BCUT2D eigenvalue weighted by Gasteiger charge is 2.22. The molecule has 0 radical (unpaired) electrons. The lowest BCUT2D eigenvalue weighted by molar-refractivity contribution is 0.145. The van der Waals surface area contributed by atoms with Crippen LogP contribution in [-0.2, 0) is 6.54 Å². The molecule has 0 aromatic heterocycles. The molecule has 0 unspecified atom stereocenters. The molecule has 3 nitrogen and oxygen atoms in total. The third-order valence-electron chi connectivity index (χ3n) is 4.01. The Kier molecular flexibility index (Phi) is 4.10. The quantitative estimate of drug-likeness (QED) is 0.893. The molecule has 19 heavy (non-hydrogen) atoms. The molecule has 1 aliphatic carbocycles. The Bertz CT molecular complexity index is 440. The highest BCUT2D eigenvalue weighted by molar-refractivity contribution is 9.10. The Morgan fingerprint density at radius 3 is 2.63 bits per heavy atom. The van der Waals surface area contributed by atoms with Crippen LogP contribution in [0.3, 0.4) is 0 Å². The topological polar surface area (TPSA) is 35.5 Å². The van der Waals surface area contributed by atoms with Crippen molar-refractivity contribution in [2.75, 3.05) is 18.0 Å². The zero-order valence-corrected chi connectivity index (χ0v) is 12.7. The van der Waals surface area contributed by atoms with Crippen LogP contribution >= 0.6 is 15.9 Å². The average Bonchev–Trinajstić information content (AvgIpc) is 3.22. The van der Waals surface area contributed by atoms with Crippen molar-refractivity contribution in [3.63, 3.8) is 0 Å². The van der Waals surface area contributed by atoms with Crippen molar-refractivity contribution in [1.29, 1.82) is 0 Å². The first-order valence-corrected chi connectivity index (χ1v) is 7.96. The summed E-state index contributed by atoms with van der Waals surface area (Å²) in [6.45, 7) is 2.86. The predicted molar refractivity (Wildman–Crippen MR) is 81.5 cm³/mol. The Labute approximate surface area is 123 Å². The maximum atomic E-state index is 9.63. The lowest BCUT2D eigenvalue weighted by atomic mass is 10.0. The van der Waals surface area contributed by atoms with Crippen LogP contribution in [0.1, 0.15) is 31.2 Å². The van der Waals surface area contributed by atoms with Gasteiger partial charge in [0.2, 0.25) is 0 Å².